The third kappa shape index (κ3) is 25.0. The highest BCUT2D eigenvalue weighted by atomic mass is 35.5. The van der Waals surface area contributed by atoms with Crippen LogP contribution in [0.5, 0.6) is 0 Å². The number of rotatable bonds is 11. The van der Waals surface area contributed by atoms with Gasteiger partial charge in [-0.25, -0.2) is 44.5 Å². The number of ether oxygens (including phenoxy) is 2. The standard InChI is InChI=1S/C29H31Cl2N5O3S.C24H23Cl2N5OS.C16H24N2O2.C14H11Cl2N3OS2.C12H9Cl2N3OS2.C2H4O/c1-16-36(23-21(30)8-7-9-22(23)31)25(37)19-15-32-26(34-24(19)40-16)33-18-10-11-20-17(14-18)12-13-35(29(20,5)6)27(38)39-28(2,3)4;1-13-31(20-18(25)5-4-6-19(20)26)22(32)16-12-27-23(30-21(16)33-13)29-15-7-8-17-14(11-15)9-10-28-24(17,2)3;1-15(2,3)20-14(19)18-9-8-11-10-12(17)6-7-13(11)16(18,4)5;1-7-19(11-9(15)4-3-5-10(11)16)13(20)8-6-17-14(21-2)18-12(8)22-7;1-20-12-15-5-6(11(19)17-12)10(18)16-9-7(13)3-2-4-8(9)14;1-2-3/h7-11,14-16H,12-13H2,1-6H3,(H,32,33,34);4-8,11-13,28H,9-10H2,1-3H3,(H,27,29,30);6-7,10H,8-9,17H2,1-5H3;3-7H,1-2H3;2-5H,1H3,(H,16,18)(H,15,17,19);2H,1H3. The van der Waals surface area contributed by atoms with Crippen molar-refractivity contribution in [3.05, 3.63) is 253 Å². The minimum Gasteiger partial charge on any atom is -0.444 e. The van der Waals surface area contributed by atoms with Gasteiger partial charge in [0.2, 0.25) is 11.9 Å². The molecule has 726 valence electrons. The highest BCUT2D eigenvalue weighted by Crippen LogP contribution is 2.49. The number of aromatic amines is 1. The maximum Gasteiger partial charge on any atom is 0.411 e. The monoisotopic (exact) mass is 2130 g/mol. The number of aromatic nitrogens is 8. The number of hydrogen-bond acceptors (Lipinski definition) is 26. The first-order chi connectivity index (χ1) is 65.1. The van der Waals surface area contributed by atoms with Gasteiger partial charge in [0.15, 0.2) is 10.3 Å². The van der Waals surface area contributed by atoms with E-state index in [0.29, 0.717) is 141 Å². The average molecular weight is 2140 g/mol. The van der Waals surface area contributed by atoms with Crippen molar-refractivity contribution in [1.29, 1.82) is 0 Å². The fourth-order valence-corrected chi connectivity index (χ4v) is 22.2. The summed E-state index contributed by atoms with van der Waals surface area (Å²) in [6.45, 7) is 33.2. The first-order valence-corrected chi connectivity index (χ1v) is 51.8. The first-order valence-electron chi connectivity index (χ1n) is 43.3. The number of thioether (sulfide) groups is 5. The Balaban J connectivity index is 0.000000158. The Kier molecular flexibility index (Phi) is 35.2. The second-order valence-electron chi connectivity index (χ2n) is 35.3. The van der Waals surface area contributed by atoms with Gasteiger partial charge in [-0.1, -0.05) is 206 Å². The van der Waals surface area contributed by atoms with Crippen molar-refractivity contribution in [2.45, 2.75) is 199 Å². The summed E-state index contributed by atoms with van der Waals surface area (Å²) in [6.07, 6.45) is 12.5. The molecule has 0 saturated carbocycles. The van der Waals surface area contributed by atoms with Gasteiger partial charge in [0.05, 0.1) is 112 Å². The number of H-pyrrole nitrogens is 1. The number of nitrogens with one attached hydrogen (secondary N) is 5. The van der Waals surface area contributed by atoms with E-state index < -0.39 is 22.6 Å². The second-order valence-corrected chi connectivity index (χ2v) is 44.5. The molecule has 0 saturated heterocycles. The third-order valence-electron chi connectivity index (χ3n) is 22.2. The van der Waals surface area contributed by atoms with Crippen LogP contribution < -0.4 is 41.7 Å². The van der Waals surface area contributed by atoms with E-state index >= 15 is 0 Å². The topological polar surface area (TPSA) is 334 Å². The fraction of sp³-hybridized carbons (Fsp3) is 0.330. The van der Waals surface area contributed by atoms with Crippen LogP contribution >= 0.6 is 164 Å². The number of nitrogen functional groups attached to an aromatic ring is 1. The Morgan fingerprint density at radius 3 is 1.28 bits per heavy atom. The van der Waals surface area contributed by atoms with Crippen molar-refractivity contribution in [3.63, 3.8) is 0 Å². The zero-order valence-electron chi connectivity index (χ0n) is 78.6. The smallest absolute Gasteiger partial charge is 0.411 e. The molecule has 138 heavy (non-hydrogen) atoms. The highest BCUT2D eigenvalue weighted by Gasteiger charge is 2.44. The third-order valence-corrected chi connectivity index (χ3v) is 29.4. The summed E-state index contributed by atoms with van der Waals surface area (Å²) in [6, 6.07) is 38.8. The Labute approximate surface area is 868 Å². The van der Waals surface area contributed by atoms with Crippen molar-refractivity contribution in [2.24, 2.45) is 0 Å². The van der Waals surface area contributed by atoms with Gasteiger partial charge in [0.25, 0.3) is 23.6 Å². The summed E-state index contributed by atoms with van der Waals surface area (Å²) in [4.78, 5) is 128. The Morgan fingerprint density at radius 1 is 0.514 bits per heavy atom. The van der Waals surface area contributed by atoms with Crippen molar-refractivity contribution in [1.82, 2.24) is 55.0 Å². The lowest BCUT2D eigenvalue weighted by molar-refractivity contribution is -0.106. The molecular formula is C97H102Cl8N18O9S6. The van der Waals surface area contributed by atoms with E-state index in [1.165, 1.54) is 94.8 Å². The van der Waals surface area contributed by atoms with Crippen molar-refractivity contribution in [3.8, 4) is 0 Å². The molecule has 3 atom stereocenters. The number of nitrogens with zero attached hydrogens (tertiary/aromatic N) is 12. The number of halogens is 8. The number of amides is 6. The van der Waals surface area contributed by atoms with Crippen LogP contribution in [0.1, 0.15) is 186 Å². The highest BCUT2D eigenvalue weighted by molar-refractivity contribution is 8.01. The van der Waals surface area contributed by atoms with Crippen LogP contribution in [0, 0.1) is 4.64 Å². The molecule has 27 nitrogen and oxygen atoms in total. The van der Waals surface area contributed by atoms with Gasteiger partial charge in [-0.05, 0) is 267 Å². The molecule has 3 unspecified atom stereocenters. The number of benzene rings is 7. The average Bonchev–Trinajstić information content (AvgIpc) is 0.769. The number of carbonyl (C=O) groups excluding carboxylic acids is 7. The molecule has 11 aromatic rings. The summed E-state index contributed by atoms with van der Waals surface area (Å²) in [5.41, 5.74) is 16.9. The SMILES string of the molecule is CC(C)(C)OC(=O)N1CCc2cc(N)ccc2C1(C)C.CC1Sc2nc(Nc3ccc4c(c3)CCN(C(=O)OC(C)(C)C)C4(C)C)ncc2C(=O)N1c1c(Cl)cccc1Cl.CC1Sc2nc(Nc3ccc4c(c3)CCNC4(C)C)ncc2C(=O)N1c1c(Cl)cccc1Cl.CC=O.CSc1ncc(C(=O)Nc2c(Cl)cccc2Cl)c(=S)[nH]1.CSc1ncc2c(n1)SC(C)N(c1c(Cl)cccc1Cl)C2=O. The molecule has 6 aliphatic heterocycles. The van der Waals surface area contributed by atoms with Crippen LogP contribution in [0.25, 0.3) is 0 Å². The quantitative estimate of drug-likeness (QED) is 0.0175. The lowest BCUT2D eigenvalue weighted by Gasteiger charge is -2.44. The van der Waals surface area contributed by atoms with Gasteiger partial charge in [-0.3, -0.25) is 43.7 Å². The van der Waals surface area contributed by atoms with Gasteiger partial charge in [-0.15, -0.1) is 0 Å². The molecule has 0 aliphatic carbocycles. The zero-order valence-corrected chi connectivity index (χ0v) is 89.5. The molecule has 10 heterocycles. The summed E-state index contributed by atoms with van der Waals surface area (Å²) in [5.74, 6) is -0.237. The van der Waals surface area contributed by atoms with E-state index in [-0.39, 0.29) is 62.7 Å². The normalized spacial score (nSPS) is 16.8. The van der Waals surface area contributed by atoms with E-state index in [9.17, 15) is 28.8 Å². The fourth-order valence-electron chi connectivity index (χ4n) is 15.8. The van der Waals surface area contributed by atoms with E-state index in [2.05, 4.69) is 93.2 Å². The molecule has 7 aromatic carbocycles. The molecule has 6 aliphatic rings. The van der Waals surface area contributed by atoms with Crippen molar-refractivity contribution < 1.29 is 43.0 Å². The van der Waals surface area contributed by atoms with Gasteiger partial charge in [0.1, 0.15) is 37.2 Å². The number of carbonyl (C=O) groups is 7. The predicted octanol–water partition coefficient (Wildman–Crippen LogP) is 26.2. The maximum atomic E-state index is 13.4. The maximum absolute atomic E-state index is 13.4. The van der Waals surface area contributed by atoms with Crippen molar-refractivity contribution in [2.75, 3.05) is 68.5 Å². The number of aldehydes is 1. The largest absolute Gasteiger partial charge is 0.444 e. The molecule has 17 rings (SSSR count). The lowest BCUT2D eigenvalue weighted by Crippen LogP contribution is -2.51. The minimum atomic E-state index is -0.559. The summed E-state index contributed by atoms with van der Waals surface area (Å²) < 4.78 is 11.5. The Hall–Kier alpha value is -9.40. The van der Waals surface area contributed by atoms with E-state index in [1.807, 2.05) is 139 Å². The van der Waals surface area contributed by atoms with Crippen molar-refractivity contribution >= 4 is 258 Å². The Morgan fingerprint density at radius 2 is 0.884 bits per heavy atom. The van der Waals surface area contributed by atoms with Gasteiger partial charge in [-0.2, -0.15) is 0 Å². The van der Waals surface area contributed by atoms with Gasteiger partial charge in [0, 0.05) is 60.5 Å². The minimum absolute atomic E-state index is 0.0437. The first kappa shape index (κ1) is 107. The molecular weight excluding hydrogens is 2040 g/mol. The summed E-state index contributed by atoms with van der Waals surface area (Å²) in [5, 5.41) is 18.5. The lowest BCUT2D eigenvalue weighted by atomic mass is 9.83. The van der Waals surface area contributed by atoms with Gasteiger partial charge >= 0.3 is 12.2 Å². The molecule has 7 N–H and O–H groups in total. The number of nitrogens with two attached hydrogens (primary N) is 1. The predicted molar refractivity (Wildman–Crippen MR) is 565 cm³/mol. The van der Waals surface area contributed by atoms with E-state index in [4.69, 9.17) is 125 Å². The summed E-state index contributed by atoms with van der Waals surface area (Å²) >= 11 is 62.4. The number of para-hydroxylation sites is 4. The molecule has 0 radical (unpaired) electrons. The Bertz CT molecular complexity index is 6490. The molecule has 0 fully saturated rings. The molecule has 41 heteroatoms. The van der Waals surface area contributed by atoms with Crippen LogP contribution in [0.15, 0.2) is 178 Å². The van der Waals surface area contributed by atoms with E-state index in [0.717, 1.165) is 59.4 Å². The van der Waals surface area contributed by atoms with Crippen LogP contribution in [-0.4, -0.2) is 151 Å². The molecule has 4 aromatic heterocycles. The molecule has 0 bridgehead atoms. The van der Waals surface area contributed by atoms with Crippen LogP contribution in [-0.2, 0) is 50.1 Å². The van der Waals surface area contributed by atoms with Crippen LogP contribution in [0.3, 0.4) is 0 Å². The molecule has 6 amide bonds. The van der Waals surface area contributed by atoms with E-state index in [1.54, 1.807) is 110 Å². The van der Waals surface area contributed by atoms with Gasteiger partial charge < -0.3 is 46.3 Å². The second kappa shape index (κ2) is 45.2. The molecule has 0 spiro atoms. The van der Waals surface area contributed by atoms with Crippen LogP contribution in [0.2, 0.25) is 40.2 Å². The number of anilines is 9. The van der Waals surface area contributed by atoms with Crippen LogP contribution in [0.4, 0.5) is 61.3 Å². The zero-order chi connectivity index (χ0) is 101. The number of hydrogen-bond donors (Lipinski definition) is 6. The summed E-state index contributed by atoms with van der Waals surface area (Å²) in [7, 11) is 0. The number of fused-ring (bicyclic) bond motifs is 6.